The van der Waals surface area contributed by atoms with E-state index in [1.807, 2.05) is 12.1 Å². The molecule has 0 saturated heterocycles. The van der Waals surface area contributed by atoms with E-state index in [1.165, 1.54) is 6.07 Å². The third-order valence-corrected chi connectivity index (χ3v) is 5.63. The molecule has 7 heteroatoms. The summed E-state index contributed by atoms with van der Waals surface area (Å²) in [6.07, 6.45) is 1.99. The molecular weight excluding hydrogens is 326 g/mol. The van der Waals surface area contributed by atoms with E-state index in [1.54, 1.807) is 42.4 Å². The maximum absolute atomic E-state index is 12.7. The first-order valence-corrected chi connectivity index (χ1v) is 8.92. The lowest BCUT2D eigenvalue weighted by Gasteiger charge is -2.12. The van der Waals surface area contributed by atoms with Gasteiger partial charge in [0.05, 0.1) is 22.5 Å². The molecule has 1 aliphatic rings. The number of nitrogens with zero attached hydrogens (tertiary/aromatic N) is 1. The smallest absolute Gasteiger partial charge is 0.261 e. The number of benzene rings is 2. The zero-order valence-corrected chi connectivity index (χ0v) is 13.7. The number of para-hydroxylation sites is 1. The van der Waals surface area contributed by atoms with Crippen molar-refractivity contribution in [3.05, 3.63) is 54.2 Å². The lowest BCUT2D eigenvalue weighted by Crippen LogP contribution is -2.20. The Morgan fingerprint density at radius 3 is 2.83 bits per heavy atom. The van der Waals surface area contributed by atoms with Crippen LogP contribution in [0.25, 0.3) is 10.9 Å². The number of hydrogen-bond donors (Lipinski definition) is 2. The molecule has 3 aromatic rings. The van der Waals surface area contributed by atoms with Gasteiger partial charge in [-0.1, -0.05) is 12.1 Å². The van der Waals surface area contributed by atoms with Crippen molar-refractivity contribution in [3.63, 3.8) is 0 Å². The van der Waals surface area contributed by atoms with Gasteiger partial charge in [-0.3, -0.25) is 9.52 Å². The zero-order valence-electron chi connectivity index (χ0n) is 12.9. The number of anilines is 2. The van der Waals surface area contributed by atoms with Crippen molar-refractivity contribution in [2.45, 2.75) is 11.3 Å². The Labute approximate surface area is 139 Å². The van der Waals surface area contributed by atoms with E-state index in [-0.39, 0.29) is 17.2 Å². The quantitative estimate of drug-likeness (QED) is 0.768. The van der Waals surface area contributed by atoms with Crippen LogP contribution in [0.1, 0.15) is 5.56 Å². The summed E-state index contributed by atoms with van der Waals surface area (Å²) in [6, 6.07) is 12.0. The first-order chi connectivity index (χ1) is 11.5. The van der Waals surface area contributed by atoms with Gasteiger partial charge in [0.15, 0.2) is 0 Å². The number of carbonyl (C=O) groups excluding carboxylic acids is 1. The molecule has 122 valence electrons. The Bertz CT molecular complexity index is 1070. The van der Waals surface area contributed by atoms with Crippen LogP contribution in [-0.4, -0.2) is 26.4 Å². The number of H-pyrrole nitrogens is 1. The molecule has 0 saturated carbocycles. The number of likely N-dealkylation sites (N-methyl/N-ethyl adjacent to an activating group) is 1. The molecule has 0 unspecified atom stereocenters. The fourth-order valence-corrected chi connectivity index (χ4v) is 4.11. The number of hydrogen-bond acceptors (Lipinski definition) is 3. The third-order valence-electron chi connectivity index (χ3n) is 4.27. The van der Waals surface area contributed by atoms with Gasteiger partial charge in [0.25, 0.3) is 10.0 Å². The second-order valence-corrected chi connectivity index (χ2v) is 7.46. The van der Waals surface area contributed by atoms with E-state index in [2.05, 4.69) is 9.71 Å². The van der Waals surface area contributed by atoms with Crippen molar-refractivity contribution < 1.29 is 13.2 Å². The number of aromatic amines is 1. The standard InChI is InChI=1S/C17H15N3O3S/c1-20-15-6-5-13(9-12(15)10-16(20)21)24(22,23)19-14-4-2-3-11-7-8-18-17(11)14/h2-9,18-19H,10H2,1H3. The SMILES string of the molecule is CN1C(=O)Cc2cc(S(=O)(=O)Nc3cccc4cc[nH]c34)ccc21. The van der Waals surface area contributed by atoms with Crippen LogP contribution in [0.5, 0.6) is 0 Å². The summed E-state index contributed by atoms with van der Waals surface area (Å²) in [6.45, 7) is 0. The van der Waals surface area contributed by atoms with Gasteiger partial charge in [-0.25, -0.2) is 8.42 Å². The van der Waals surface area contributed by atoms with Crippen LogP contribution in [-0.2, 0) is 21.2 Å². The Kier molecular flexibility index (Phi) is 3.14. The molecule has 1 aliphatic heterocycles. The Morgan fingerprint density at radius 1 is 1.17 bits per heavy atom. The van der Waals surface area contributed by atoms with Gasteiger partial charge in [0.2, 0.25) is 5.91 Å². The summed E-state index contributed by atoms with van der Waals surface area (Å²) in [7, 11) is -2.05. The number of aromatic nitrogens is 1. The van der Waals surface area contributed by atoms with Crippen molar-refractivity contribution in [2.24, 2.45) is 0 Å². The number of nitrogens with one attached hydrogen (secondary N) is 2. The Balaban J connectivity index is 1.73. The van der Waals surface area contributed by atoms with E-state index in [9.17, 15) is 13.2 Å². The van der Waals surface area contributed by atoms with Crippen LogP contribution in [0, 0.1) is 0 Å². The minimum absolute atomic E-state index is 0.0383. The van der Waals surface area contributed by atoms with Gasteiger partial charge in [0.1, 0.15) is 0 Å². The minimum Gasteiger partial charge on any atom is -0.359 e. The zero-order chi connectivity index (χ0) is 16.9. The van der Waals surface area contributed by atoms with Crippen LogP contribution in [0.2, 0.25) is 0 Å². The maximum atomic E-state index is 12.7. The first-order valence-electron chi connectivity index (χ1n) is 7.44. The third kappa shape index (κ3) is 2.25. The Hall–Kier alpha value is -2.80. The van der Waals surface area contributed by atoms with Crippen LogP contribution in [0.4, 0.5) is 11.4 Å². The predicted molar refractivity (Wildman–Crippen MR) is 92.7 cm³/mol. The average Bonchev–Trinajstić information content (AvgIpc) is 3.13. The van der Waals surface area contributed by atoms with E-state index in [4.69, 9.17) is 0 Å². The highest BCUT2D eigenvalue weighted by atomic mass is 32.2. The van der Waals surface area contributed by atoms with E-state index in [0.29, 0.717) is 5.69 Å². The summed E-state index contributed by atoms with van der Waals surface area (Å²) in [4.78, 5) is 16.5. The van der Waals surface area contributed by atoms with E-state index in [0.717, 1.165) is 22.2 Å². The lowest BCUT2D eigenvalue weighted by atomic mass is 10.2. The van der Waals surface area contributed by atoms with Crippen molar-refractivity contribution in [1.29, 1.82) is 0 Å². The molecule has 1 amide bonds. The fraction of sp³-hybridized carbons (Fsp3) is 0.118. The summed E-state index contributed by atoms with van der Waals surface area (Å²) in [5.74, 6) is -0.0383. The molecule has 4 rings (SSSR count). The largest absolute Gasteiger partial charge is 0.359 e. The van der Waals surface area contributed by atoms with Crippen LogP contribution >= 0.6 is 0 Å². The molecular formula is C17H15N3O3S. The molecule has 1 aromatic heterocycles. The van der Waals surface area contributed by atoms with Gasteiger partial charge in [0, 0.05) is 24.3 Å². The summed E-state index contributed by atoms with van der Waals surface area (Å²) in [5.41, 5.74) is 2.71. The normalized spacial score (nSPS) is 14.2. The molecule has 0 fully saturated rings. The number of amides is 1. The van der Waals surface area contributed by atoms with Crippen LogP contribution in [0.3, 0.4) is 0 Å². The minimum atomic E-state index is -3.74. The van der Waals surface area contributed by atoms with Gasteiger partial charge in [-0.15, -0.1) is 0 Å². The molecule has 2 heterocycles. The van der Waals surface area contributed by atoms with Crippen LogP contribution < -0.4 is 9.62 Å². The number of sulfonamides is 1. The Morgan fingerprint density at radius 2 is 2.00 bits per heavy atom. The van der Waals surface area contributed by atoms with Gasteiger partial charge < -0.3 is 9.88 Å². The molecule has 0 spiro atoms. The van der Waals surface area contributed by atoms with Gasteiger partial charge >= 0.3 is 0 Å². The molecule has 0 bridgehead atoms. The van der Waals surface area contributed by atoms with E-state index < -0.39 is 10.0 Å². The number of fused-ring (bicyclic) bond motifs is 2. The number of rotatable bonds is 3. The lowest BCUT2D eigenvalue weighted by molar-refractivity contribution is -0.117. The van der Waals surface area contributed by atoms with Gasteiger partial charge in [-0.2, -0.15) is 0 Å². The second-order valence-electron chi connectivity index (χ2n) is 5.77. The molecule has 24 heavy (non-hydrogen) atoms. The van der Waals surface area contributed by atoms with E-state index >= 15 is 0 Å². The maximum Gasteiger partial charge on any atom is 0.261 e. The highest BCUT2D eigenvalue weighted by Gasteiger charge is 2.26. The second kappa shape index (κ2) is 5.10. The molecule has 0 radical (unpaired) electrons. The van der Waals surface area contributed by atoms with Crippen molar-refractivity contribution in [1.82, 2.24) is 4.98 Å². The molecule has 2 aromatic carbocycles. The average molecular weight is 341 g/mol. The van der Waals surface area contributed by atoms with Gasteiger partial charge in [-0.05, 0) is 35.9 Å². The highest BCUT2D eigenvalue weighted by molar-refractivity contribution is 7.92. The van der Waals surface area contributed by atoms with Crippen molar-refractivity contribution in [3.8, 4) is 0 Å². The molecule has 2 N–H and O–H groups in total. The first kappa shape index (κ1) is 14.8. The summed E-state index contributed by atoms with van der Waals surface area (Å²) in [5, 5.41) is 0.927. The summed E-state index contributed by atoms with van der Waals surface area (Å²) >= 11 is 0. The molecule has 0 atom stereocenters. The molecule has 0 aliphatic carbocycles. The predicted octanol–water partition coefficient (Wildman–Crippen LogP) is 2.49. The number of carbonyl (C=O) groups is 1. The fourth-order valence-electron chi connectivity index (χ4n) is 2.99. The van der Waals surface area contributed by atoms with Crippen molar-refractivity contribution in [2.75, 3.05) is 16.7 Å². The summed E-state index contributed by atoms with van der Waals surface area (Å²) < 4.78 is 28.0. The highest BCUT2D eigenvalue weighted by Crippen LogP contribution is 2.31. The van der Waals surface area contributed by atoms with Crippen LogP contribution in [0.15, 0.2) is 53.6 Å². The van der Waals surface area contributed by atoms with Crippen molar-refractivity contribution >= 4 is 38.2 Å². The topological polar surface area (TPSA) is 82.3 Å². The monoisotopic (exact) mass is 341 g/mol. The molecule has 6 nitrogen and oxygen atoms in total.